The number of amides is 4. The van der Waals surface area contributed by atoms with Crippen LogP contribution in [0.25, 0.3) is 5.69 Å². The standard InChI is InChI=1S/C21H24N6O5/c1-14-13-17(26(24-14)15-5-7-16(8-6-15)27(31)32)22-18(28)9-12-25-19(29)21(23-20(25)30)10-3-2-4-11-21/h5-8,13H,2-4,9-12H2,1H3,(H,22,28)(H,23,30). The van der Waals surface area contributed by atoms with E-state index >= 15 is 0 Å². The third-order valence-corrected chi connectivity index (χ3v) is 5.92. The molecule has 1 spiro atoms. The lowest BCUT2D eigenvalue weighted by Gasteiger charge is -2.30. The smallest absolute Gasteiger partial charge is 0.323 e. The number of aryl methyl sites for hydroxylation is 1. The number of urea groups is 1. The number of rotatable bonds is 6. The van der Waals surface area contributed by atoms with Crippen LogP contribution in [0.4, 0.5) is 16.3 Å². The molecule has 1 aliphatic heterocycles. The summed E-state index contributed by atoms with van der Waals surface area (Å²) >= 11 is 0. The Kier molecular flexibility index (Phi) is 5.64. The zero-order valence-corrected chi connectivity index (χ0v) is 17.7. The number of nitrogens with zero attached hydrogens (tertiary/aromatic N) is 4. The quantitative estimate of drug-likeness (QED) is 0.402. The minimum Gasteiger partial charge on any atom is -0.323 e. The van der Waals surface area contributed by atoms with Gasteiger partial charge in [0.2, 0.25) is 5.91 Å². The van der Waals surface area contributed by atoms with E-state index in [9.17, 15) is 24.5 Å². The summed E-state index contributed by atoms with van der Waals surface area (Å²) in [5, 5.41) is 20.8. The number of hydrogen-bond acceptors (Lipinski definition) is 6. The van der Waals surface area contributed by atoms with Crippen molar-refractivity contribution in [3.8, 4) is 5.69 Å². The van der Waals surface area contributed by atoms with Crippen LogP contribution in [0, 0.1) is 17.0 Å². The van der Waals surface area contributed by atoms with E-state index in [0.717, 1.165) is 24.2 Å². The Bertz CT molecular complexity index is 1070. The van der Waals surface area contributed by atoms with Crippen molar-refractivity contribution in [2.24, 2.45) is 0 Å². The maximum absolute atomic E-state index is 12.8. The Morgan fingerprint density at radius 2 is 1.91 bits per heavy atom. The highest BCUT2D eigenvalue weighted by molar-refractivity contribution is 6.07. The average Bonchev–Trinajstić information content (AvgIpc) is 3.23. The van der Waals surface area contributed by atoms with Crippen LogP contribution in [-0.4, -0.2) is 49.5 Å². The SMILES string of the molecule is Cc1cc(NC(=O)CCN2C(=O)NC3(CCCCC3)C2=O)n(-c2ccc([N+](=O)[O-])cc2)n1. The number of imide groups is 1. The van der Waals surface area contributed by atoms with Gasteiger partial charge in [0.25, 0.3) is 11.6 Å². The van der Waals surface area contributed by atoms with Crippen LogP contribution in [0.3, 0.4) is 0 Å². The summed E-state index contributed by atoms with van der Waals surface area (Å²) in [6.45, 7) is 1.75. The summed E-state index contributed by atoms with van der Waals surface area (Å²) in [6, 6.07) is 7.02. The molecule has 2 aliphatic rings. The van der Waals surface area contributed by atoms with Gasteiger partial charge in [0.1, 0.15) is 11.4 Å². The molecule has 1 aromatic heterocycles. The van der Waals surface area contributed by atoms with Gasteiger partial charge in [-0.2, -0.15) is 5.10 Å². The van der Waals surface area contributed by atoms with Crippen molar-refractivity contribution in [2.45, 2.75) is 51.0 Å². The van der Waals surface area contributed by atoms with E-state index in [-0.39, 0.29) is 30.5 Å². The van der Waals surface area contributed by atoms with Crippen molar-refractivity contribution in [1.82, 2.24) is 20.0 Å². The number of carbonyl (C=O) groups excluding carboxylic acids is 3. The minimum atomic E-state index is -0.808. The lowest BCUT2D eigenvalue weighted by molar-refractivity contribution is -0.384. The van der Waals surface area contributed by atoms with Crippen LogP contribution < -0.4 is 10.6 Å². The fourth-order valence-corrected chi connectivity index (χ4v) is 4.29. The minimum absolute atomic E-state index is 0.0110. The van der Waals surface area contributed by atoms with Crippen LogP contribution in [0.15, 0.2) is 30.3 Å². The van der Waals surface area contributed by atoms with Gasteiger partial charge in [0, 0.05) is 31.2 Å². The molecule has 1 aliphatic carbocycles. The van der Waals surface area contributed by atoms with Crippen LogP contribution in [0.5, 0.6) is 0 Å². The van der Waals surface area contributed by atoms with Crippen LogP contribution >= 0.6 is 0 Å². The number of hydrogen-bond donors (Lipinski definition) is 2. The summed E-state index contributed by atoms with van der Waals surface area (Å²) in [4.78, 5) is 49.3. The largest absolute Gasteiger partial charge is 0.325 e. The number of nitro groups is 1. The lowest BCUT2D eigenvalue weighted by atomic mass is 9.82. The fourth-order valence-electron chi connectivity index (χ4n) is 4.29. The van der Waals surface area contributed by atoms with E-state index in [4.69, 9.17) is 0 Å². The second-order valence-corrected chi connectivity index (χ2v) is 8.18. The molecule has 1 saturated carbocycles. The molecule has 4 rings (SSSR count). The van der Waals surface area contributed by atoms with Crippen molar-refractivity contribution < 1.29 is 19.3 Å². The van der Waals surface area contributed by atoms with Gasteiger partial charge >= 0.3 is 6.03 Å². The summed E-state index contributed by atoms with van der Waals surface area (Å²) < 4.78 is 1.47. The molecule has 0 atom stereocenters. The topological polar surface area (TPSA) is 139 Å². The molecule has 168 valence electrons. The van der Waals surface area contributed by atoms with E-state index in [1.54, 1.807) is 13.0 Å². The first-order valence-electron chi connectivity index (χ1n) is 10.5. The van der Waals surface area contributed by atoms with Crippen LogP contribution in [0.2, 0.25) is 0 Å². The number of nitro benzene ring substituents is 1. The predicted octanol–water partition coefficient (Wildman–Crippen LogP) is 2.67. The van der Waals surface area contributed by atoms with Crippen LogP contribution in [-0.2, 0) is 9.59 Å². The van der Waals surface area contributed by atoms with Crippen molar-refractivity contribution in [1.29, 1.82) is 0 Å². The molecule has 2 N–H and O–H groups in total. The third-order valence-electron chi connectivity index (χ3n) is 5.92. The molecule has 0 bridgehead atoms. The summed E-state index contributed by atoms with van der Waals surface area (Å²) in [5.74, 6) is -0.234. The molecule has 4 amide bonds. The first kappa shape index (κ1) is 21.5. The summed E-state index contributed by atoms with van der Waals surface area (Å²) in [6.07, 6.45) is 4.05. The molecule has 32 heavy (non-hydrogen) atoms. The maximum atomic E-state index is 12.8. The lowest BCUT2D eigenvalue weighted by Crippen LogP contribution is -2.48. The van der Waals surface area contributed by atoms with Crippen molar-refractivity contribution in [2.75, 3.05) is 11.9 Å². The van der Waals surface area contributed by atoms with Crippen LogP contribution in [0.1, 0.15) is 44.2 Å². The third kappa shape index (κ3) is 4.05. The van der Waals surface area contributed by atoms with Gasteiger partial charge in [-0.15, -0.1) is 0 Å². The zero-order valence-electron chi connectivity index (χ0n) is 17.7. The van der Waals surface area contributed by atoms with E-state index in [0.29, 0.717) is 30.0 Å². The molecular weight excluding hydrogens is 416 g/mol. The first-order chi connectivity index (χ1) is 15.3. The Balaban J connectivity index is 1.41. The molecule has 11 nitrogen and oxygen atoms in total. The van der Waals surface area contributed by atoms with Crippen molar-refractivity contribution in [3.63, 3.8) is 0 Å². The van der Waals surface area contributed by atoms with E-state index < -0.39 is 16.5 Å². The van der Waals surface area contributed by atoms with Gasteiger partial charge in [-0.1, -0.05) is 19.3 Å². The van der Waals surface area contributed by atoms with Gasteiger partial charge < -0.3 is 10.6 Å². The van der Waals surface area contributed by atoms with Gasteiger partial charge in [-0.3, -0.25) is 24.6 Å². The molecule has 1 aromatic carbocycles. The average molecular weight is 440 g/mol. The normalized spacial score (nSPS) is 17.5. The number of non-ortho nitro benzene ring substituents is 1. The number of anilines is 1. The number of carbonyl (C=O) groups is 3. The highest BCUT2D eigenvalue weighted by atomic mass is 16.6. The van der Waals surface area contributed by atoms with E-state index in [2.05, 4.69) is 15.7 Å². The first-order valence-corrected chi connectivity index (χ1v) is 10.5. The molecule has 11 heteroatoms. The number of nitrogens with one attached hydrogen (secondary N) is 2. The molecular formula is C21H24N6O5. The molecule has 1 saturated heterocycles. The molecule has 2 fully saturated rings. The second-order valence-electron chi connectivity index (χ2n) is 8.18. The Morgan fingerprint density at radius 1 is 1.22 bits per heavy atom. The van der Waals surface area contributed by atoms with Gasteiger partial charge in [0.15, 0.2) is 0 Å². The summed E-state index contributed by atoms with van der Waals surface area (Å²) in [5.41, 5.74) is 0.337. The number of aromatic nitrogens is 2. The molecule has 0 radical (unpaired) electrons. The van der Waals surface area contributed by atoms with Gasteiger partial charge in [-0.05, 0) is 31.9 Å². The maximum Gasteiger partial charge on any atom is 0.325 e. The second kappa shape index (κ2) is 8.40. The van der Waals surface area contributed by atoms with E-state index in [1.807, 2.05) is 0 Å². The highest BCUT2D eigenvalue weighted by Gasteiger charge is 2.51. The Labute approximate surface area is 183 Å². The monoisotopic (exact) mass is 440 g/mol. The summed E-state index contributed by atoms with van der Waals surface area (Å²) in [7, 11) is 0. The molecule has 2 heterocycles. The predicted molar refractivity (Wildman–Crippen MR) is 114 cm³/mol. The number of benzene rings is 1. The Morgan fingerprint density at radius 3 is 2.56 bits per heavy atom. The Hall–Kier alpha value is -3.76. The molecule has 0 unspecified atom stereocenters. The van der Waals surface area contributed by atoms with Crippen molar-refractivity contribution >= 4 is 29.4 Å². The fraction of sp³-hybridized carbons (Fsp3) is 0.429. The van der Waals surface area contributed by atoms with E-state index in [1.165, 1.54) is 28.9 Å². The molecule has 2 aromatic rings. The van der Waals surface area contributed by atoms with Crippen molar-refractivity contribution in [3.05, 3.63) is 46.1 Å². The highest BCUT2D eigenvalue weighted by Crippen LogP contribution is 2.33. The zero-order chi connectivity index (χ0) is 22.9. The van der Waals surface area contributed by atoms with Gasteiger partial charge in [-0.25, -0.2) is 9.48 Å². The van der Waals surface area contributed by atoms with Gasteiger partial charge in [0.05, 0.1) is 16.3 Å².